The van der Waals surface area contributed by atoms with Gasteiger partial charge in [-0.15, -0.1) is 16.0 Å². The van der Waals surface area contributed by atoms with Gasteiger partial charge in [0.25, 0.3) is 0 Å². The van der Waals surface area contributed by atoms with Crippen LogP contribution in [0.3, 0.4) is 0 Å². The number of benzene rings is 2. The summed E-state index contributed by atoms with van der Waals surface area (Å²) in [5.74, 6) is 1.20. The third-order valence-electron chi connectivity index (χ3n) is 4.54. The van der Waals surface area contributed by atoms with Crippen molar-refractivity contribution in [2.45, 2.75) is 30.5 Å². The van der Waals surface area contributed by atoms with Crippen LogP contribution in [-0.2, 0) is 34.6 Å². The van der Waals surface area contributed by atoms with Gasteiger partial charge in [0.2, 0.25) is 0 Å². The Labute approximate surface area is 238 Å². The molecule has 1 aliphatic heterocycles. The molecule has 0 aromatic heterocycles. The molecule has 1 unspecified atom stereocenters. The largest absolute Gasteiger partial charge is 1.00 e. The maximum absolute atomic E-state index is 12.6. The topological polar surface area (TPSA) is 74.4 Å². The van der Waals surface area contributed by atoms with Crippen molar-refractivity contribution in [3.05, 3.63) is 53.6 Å². The Morgan fingerprint density at radius 3 is 2.19 bits per heavy atom. The molecule has 208 valence electrons. The molecule has 0 spiro atoms. The summed E-state index contributed by atoms with van der Waals surface area (Å²) in [6, 6.07) is 10.3. The van der Waals surface area contributed by atoms with Crippen LogP contribution in [0, 0.1) is 6.92 Å². The maximum Gasteiger partial charge on any atom is 0.416 e. The van der Waals surface area contributed by atoms with Crippen molar-refractivity contribution < 1.29 is 65.1 Å². The van der Waals surface area contributed by atoms with Crippen LogP contribution in [0.5, 0.6) is 11.5 Å². The van der Waals surface area contributed by atoms with Crippen molar-refractivity contribution in [1.82, 2.24) is 0 Å². The average Bonchev–Trinajstić information content (AvgIpc) is 3.55. The molecule has 0 bridgehead atoms. The molecule has 3 rings (SSSR count). The Balaban J connectivity index is 0.00000104. The van der Waals surface area contributed by atoms with Gasteiger partial charge in [-0.05, 0) is 61.9 Å². The zero-order valence-electron chi connectivity index (χ0n) is 21.4. The molecule has 6 nitrogen and oxygen atoms in total. The van der Waals surface area contributed by atoms with E-state index in [0.717, 1.165) is 22.6 Å². The highest BCUT2D eigenvalue weighted by molar-refractivity contribution is 8.01. The van der Waals surface area contributed by atoms with Gasteiger partial charge in [0.15, 0.2) is 6.61 Å². The average molecular weight is 677 g/mol. The number of hydrogen-bond acceptors (Lipinski definition) is 7. The number of alkyl halides is 3. The molecule has 1 aliphatic rings. The number of aryl methyl sites for hydroxylation is 1. The van der Waals surface area contributed by atoms with Crippen LogP contribution in [0.1, 0.15) is 18.1 Å². The molecular formula is C25H32F3IO6S2. The quantitative estimate of drug-likeness (QED) is 0.126. The number of halogens is 4. The number of epoxide rings is 1. The van der Waals surface area contributed by atoms with E-state index < -0.39 is 33.2 Å². The number of thioether (sulfide) groups is 1. The second-order valence-corrected chi connectivity index (χ2v) is 13.3. The number of ether oxygens (including phenoxy) is 4. The van der Waals surface area contributed by atoms with E-state index >= 15 is 0 Å². The second-order valence-electron chi connectivity index (χ2n) is 8.82. The minimum Gasteiger partial charge on any atom is -1.00 e. The zero-order valence-corrected chi connectivity index (χ0v) is 25.1. The highest BCUT2D eigenvalue weighted by atomic mass is 127. The summed E-state index contributed by atoms with van der Waals surface area (Å²) in [6.45, 7) is 4.58. The lowest BCUT2D eigenvalue weighted by Gasteiger charge is -2.15. The minimum absolute atomic E-state index is 0. The van der Waals surface area contributed by atoms with Crippen molar-refractivity contribution in [2.75, 3.05) is 50.9 Å². The first-order valence-corrected chi connectivity index (χ1v) is 14.8. The summed E-state index contributed by atoms with van der Waals surface area (Å²) in [4.78, 5) is 12.4. The predicted octanol–water partition coefficient (Wildman–Crippen LogP) is 2.28. The van der Waals surface area contributed by atoms with E-state index in [1.807, 2.05) is 19.1 Å². The first kappa shape index (κ1) is 33.5. The lowest BCUT2D eigenvalue weighted by atomic mass is 10.2. The standard InChI is InChI=1S/C22H23F3O5S.C3H9OS.HI/c1-3-27-20(26)11-28-19-9-8-18(10-15(19)2)31-14-21(13-30-21)12-29-17-6-4-16(5-7-17)22(23,24)25;1-5(2,3)4;/h4-10H,3,11-14H2,1-2H3;1-3H3;1H/q;+1;/p-1. The van der Waals surface area contributed by atoms with Crippen LogP contribution in [0.15, 0.2) is 47.4 Å². The fourth-order valence-electron chi connectivity index (χ4n) is 2.69. The fraction of sp³-hybridized carbons (Fsp3) is 0.480. The third kappa shape index (κ3) is 13.2. The summed E-state index contributed by atoms with van der Waals surface area (Å²) >= 11 is 1.59. The molecule has 37 heavy (non-hydrogen) atoms. The highest BCUT2D eigenvalue weighted by Crippen LogP contribution is 2.36. The molecular weight excluding hydrogens is 644 g/mol. The molecule has 0 amide bonds. The number of hydrogen-bond donors (Lipinski definition) is 0. The Morgan fingerprint density at radius 2 is 1.70 bits per heavy atom. The lowest BCUT2D eigenvalue weighted by Crippen LogP contribution is -3.00. The van der Waals surface area contributed by atoms with E-state index in [1.54, 1.807) is 43.5 Å². The SMILES string of the molecule is CCOC(=O)COc1ccc(SCC2(COc3ccc(C(F)(F)F)cc3)CO2)cc1C.C[S+](C)(C)=O.[I-]. The third-order valence-corrected chi connectivity index (χ3v) is 5.79. The van der Waals surface area contributed by atoms with E-state index in [4.69, 9.17) is 18.9 Å². The summed E-state index contributed by atoms with van der Waals surface area (Å²) in [7, 11) is -1.42. The second kappa shape index (κ2) is 14.6. The molecule has 1 fully saturated rings. The smallest absolute Gasteiger partial charge is 0.416 e. The van der Waals surface area contributed by atoms with Crippen LogP contribution >= 0.6 is 11.8 Å². The predicted molar refractivity (Wildman–Crippen MR) is 135 cm³/mol. The van der Waals surface area contributed by atoms with Crippen molar-refractivity contribution in [2.24, 2.45) is 0 Å². The van der Waals surface area contributed by atoms with Gasteiger partial charge >= 0.3 is 12.1 Å². The summed E-state index contributed by atoms with van der Waals surface area (Å²) < 4.78 is 69.6. The van der Waals surface area contributed by atoms with Crippen molar-refractivity contribution in [3.63, 3.8) is 0 Å². The number of rotatable bonds is 10. The first-order valence-electron chi connectivity index (χ1n) is 11.1. The van der Waals surface area contributed by atoms with Gasteiger partial charge in [-0.1, -0.05) is 0 Å². The molecule has 0 saturated carbocycles. The summed E-state index contributed by atoms with van der Waals surface area (Å²) in [5.41, 5.74) is -0.278. The van der Waals surface area contributed by atoms with Gasteiger partial charge in [-0.3, -0.25) is 0 Å². The molecule has 1 atom stereocenters. The van der Waals surface area contributed by atoms with Crippen LogP contribution in [0.2, 0.25) is 0 Å². The normalized spacial score (nSPS) is 16.5. The molecule has 2 aromatic rings. The van der Waals surface area contributed by atoms with Gasteiger partial charge < -0.3 is 42.9 Å². The Kier molecular flexibility index (Phi) is 13.2. The van der Waals surface area contributed by atoms with Crippen LogP contribution in [0.25, 0.3) is 0 Å². The van der Waals surface area contributed by atoms with Gasteiger partial charge in [-0.2, -0.15) is 13.2 Å². The Bertz CT molecular complexity index is 1050. The van der Waals surface area contributed by atoms with Crippen LogP contribution < -0.4 is 33.5 Å². The Morgan fingerprint density at radius 1 is 1.11 bits per heavy atom. The number of carbonyl (C=O) groups excluding carboxylic acids is 1. The maximum atomic E-state index is 12.6. The molecule has 0 radical (unpaired) electrons. The molecule has 0 N–H and O–H groups in total. The fourth-order valence-corrected chi connectivity index (χ4v) is 3.80. The minimum atomic E-state index is -4.37. The van der Waals surface area contributed by atoms with Crippen LogP contribution in [0.4, 0.5) is 13.2 Å². The van der Waals surface area contributed by atoms with Crippen molar-refractivity contribution in [3.8, 4) is 11.5 Å². The molecule has 0 aliphatic carbocycles. The zero-order chi connectivity index (χ0) is 27.0. The molecule has 1 saturated heterocycles. The van der Waals surface area contributed by atoms with E-state index in [9.17, 15) is 22.2 Å². The van der Waals surface area contributed by atoms with E-state index in [0.29, 0.717) is 30.5 Å². The van der Waals surface area contributed by atoms with Crippen LogP contribution in [-0.4, -0.2) is 62.5 Å². The van der Waals surface area contributed by atoms with E-state index in [2.05, 4.69) is 0 Å². The van der Waals surface area contributed by atoms with Gasteiger partial charge in [0.05, 0.1) is 28.7 Å². The lowest BCUT2D eigenvalue weighted by molar-refractivity contribution is -0.145. The molecule has 1 heterocycles. The summed E-state index contributed by atoms with van der Waals surface area (Å²) in [5, 5.41) is 0. The van der Waals surface area contributed by atoms with Gasteiger partial charge in [0.1, 0.15) is 42.5 Å². The molecule has 12 heteroatoms. The molecule has 2 aromatic carbocycles. The van der Waals surface area contributed by atoms with Crippen molar-refractivity contribution in [1.29, 1.82) is 0 Å². The number of esters is 1. The van der Waals surface area contributed by atoms with E-state index in [1.165, 1.54) is 12.1 Å². The highest BCUT2D eigenvalue weighted by Gasteiger charge is 2.45. The monoisotopic (exact) mass is 676 g/mol. The van der Waals surface area contributed by atoms with Gasteiger partial charge in [0, 0.05) is 10.6 Å². The van der Waals surface area contributed by atoms with E-state index in [-0.39, 0.29) is 37.2 Å². The summed E-state index contributed by atoms with van der Waals surface area (Å²) in [6.07, 6.45) is 0.778. The Hall–Kier alpha value is -1.51. The van der Waals surface area contributed by atoms with Gasteiger partial charge in [-0.25, -0.2) is 4.79 Å². The number of carbonyl (C=O) groups is 1. The first-order chi connectivity index (χ1) is 16.7. The van der Waals surface area contributed by atoms with Crippen molar-refractivity contribution >= 4 is 27.7 Å².